The minimum Gasteiger partial charge on any atom is -0.307 e. The average Bonchev–Trinajstić information content (AvgIpc) is 2.41. The number of carbonyl (C=O) groups excluding carboxylic acids is 1. The maximum atomic E-state index is 12.6. The Balaban J connectivity index is 2.09. The number of nitrogens with one attached hydrogen (secondary N) is 2. The Morgan fingerprint density at radius 1 is 1.17 bits per heavy atom. The number of hydrogen-bond donors (Lipinski definition) is 3. The predicted octanol–water partition coefficient (Wildman–Crippen LogP) is 0.549. The maximum Gasteiger partial charge on any atom is 0.277 e. The third-order valence-electron chi connectivity index (χ3n) is 2.01. The van der Waals surface area contributed by atoms with Crippen LogP contribution in [0.25, 0.3) is 0 Å². The van der Waals surface area contributed by atoms with Gasteiger partial charge in [-0.3, -0.25) is 4.79 Å². The molecule has 92 valence electrons. The lowest BCUT2D eigenvalue weighted by atomic mass is 10.3. The van der Waals surface area contributed by atoms with Crippen molar-refractivity contribution in [2.75, 3.05) is 10.7 Å². The van der Waals surface area contributed by atoms with Crippen molar-refractivity contribution < 1.29 is 9.18 Å². The first-order chi connectivity index (χ1) is 8.69. The highest BCUT2D eigenvalue weighted by molar-refractivity contribution is 6.02. The Morgan fingerprint density at radius 2 is 1.94 bits per heavy atom. The van der Waals surface area contributed by atoms with E-state index in [1.807, 2.05) is 0 Å². The molecule has 0 fully saturated rings. The normalized spacial score (nSPS) is 9.89. The van der Waals surface area contributed by atoms with E-state index in [2.05, 4.69) is 25.9 Å². The van der Waals surface area contributed by atoms with Crippen molar-refractivity contribution >= 4 is 17.5 Å². The van der Waals surface area contributed by atoms with E-state index < -0.39 is 11.7 Å². The van der Waals surface area contributed by atoms with Crippen LogP contribution in [-0.4, -0.2) is 21.1 Å². The van der Waals surface area contributed by atoms with E-state index in [-0.39, 0.29) is 11.5 Å². The Hall–Kier alpha value is -2.61. The molecule has 0 saturated carbocycles. The molecule has 0 unspecified atom stereocenters. The number of carbonyl (C=O) groups is 1. The molecule has 2 aromatic heterocycles. The second-order valence-electron chi connectivity index (χ2n) is 3.26. The zero-order valence-corrected chi connectivity index (χ0v) is 9.09. The summed E-state index contributed by atoms with van der Waals surface area (Å²) in [6.07, 6.45) is 1.00. The van der Waals surface area contributed by atoms with E-state index in [9.17, 15) is 9.18 Å². The van der Waals surface area contributed by atoms with E-state index in [4.69, 9.17) is 5.84 Å². The van der Waals surface area contributed by atoms with Gasteiger partial charge in [0.2, 0.25) is 0 Å². The number of nitrogens with two attached hydrogens (primary N) is 1. The summed E-state index contributed by atoms with van der Waals surface area (Å²) in [7, 11) is 0. The van der Waals surface area contributed by atoms with Crippen LogP contribution >= 0.6 is 0 Å². The molecular formula is C10H9FN6O. The van der Waals surface area contributed by atoms with Gasteiger partial charge in [0.1, 0.15) is 11.6 Å². The van der Waals surface area contributed by atoms with Crippen LogP contribution in [-0.2, 0) is 0 Å². The van der Waals surface area contributed by atoms with Crippen molar-refractivity contribution in [1.82, 2.24) is 15.2 Å². The van der Waals surface area contributed by atoms with Crippen LogP contribution in [0.5, 0.6) is 0 Å². The molecule has 2 heterocycles. The fourth-order valence-electron chi connectivity index (χ4n) is 1.16. The van der Waals surface area contributed by atoms with Crippen LogP contribution in [0.2, 0.25) is 0 Å². The van der Waals surface area contributed by atoms with Crippen molar-refractivity contribution in [1.29, 1.82) is 0 Å². The van der Waals surface area contributed by atoms with Crippen molar-refractivity contribution in [3.05, 3.63) is 42.0 Å². The summed E-state index contributed by atoms with van der Waals surface area (Å²) in [5, 5.41) is 9.76. The quantitative estimate of drug-likeness (QED) is 0.541. The Bertz CT molecular complexity index is 541. The van der Waals surface area contributed by atoms with Gasteiger partial charge in [0.15, 0.2) is 11.5 Å². The molecule has 2 rings (SSSR count). The first kappa shape index (κ1) is 11.9. The van der Waals surface area contributed by atoms with E-state index in [0.717, 1.165) is 6.20 Å². The van der Waals surface area contributed by atoms with Gasteiger partial charge in [-0.2, -0.15) is 0 Å². The fourth-order valence-corrected chi connectivity index (χ4v) is 1.16. The predicted molar refractivity (Wildman–Crippen MR) is 62.0 cm³/mol. The number of anilines is 2. The van der Waals surface area contributed by atoms with Crippen LogP contribution < -0.4 is 16.6 Å². The van der Waals surface area contributed by atoms with Gasteiger partial charge in [-0.25, -0.2) is 15.2 Å². The molecule has 8 heteroatoms. The van der Waals surface area contributed by atoms with Crippen molar-refractivity contribution in [2.45, 2.75) is 0 Å². The van der Waals surface area contributed by atoms with Crippen LogP contribution in [0.1, 0.15) is 10.5 Å². The molecule has 0 aliphatic heterocycles. The third kappa shape index (κ3) is 2.74. The average molecular weight is 248 g/mol. The molecular weight excluding hydrogens is 239 g/mol. The van der Waals surface area contributed by atoms with E-state index in [1.54, 1.807) is 0 Å². The summed E-state index contributed by atoms with van der Waals surface area (Å²) < 4.78 is 12.6. The molecule has 0 saturated heterocycles. The monoisotopic (exact) mass is 248 g/mol. The van der Waals surface area contributed by atoms with Crippen LogP contribution in [0, 0.1) is 5.82 Å². The summed E-state index contributed by atoms with van der Waals surface area (Å²) >= 11 is 0. The lowest BCUT2D eigenvalue weighted by Crippen LogP contribution is -2.16. The fraction of sp³-hybridized carbons (Fsp3) is 0. The second kappa shape index (κ2) is 5.15. The highest BCUT2D eigenvalue weighted by atomic mass is 19.1. The van der Waals surface area contributed by atoms with Gasteiger partial charge in [-0.1, -0.05) is 0 Å². The Labute approximate surface area is 101 Å². The molecule has 1 amide bonds. The Morgan fingerprint density at radius 3 is 2.50 bits per heavy atom. The van der Waals surface area contributed by atoms with Gasteiger partial charge in [-0.15, -0.1) is 10.2 Å². The highest BCUT2D eigenvalue weighted by Crippen LogP contribution is 2.06. The van der Waals surface area contributed by atoms with Gasteiger partial charge in [0.25, 0.3) is 5.91 Å². The standard InChI is InChI=1S/C10H9FN6O/c11-6-1-3-8(13-5-6)14-10(18)7-2-4-9(15-12)17-16-7/h1-5H,12H2,(H,15,17)(H,13,14,18). The summed E-state index contributed by atoms with van der Waals surface area (Å²) in [4.78, 5) is 15.4. The number of amides is 1. The maximum absolute atomic E-state index is 12.6. The van der Waals surface area contributed by atoms with E-state index in [1.165, 1.54) is 24.3 Å². The summed E-state index contributed by atoms with van der Waals surface area (Å²) in [5.41, 5.74) is 2.39. The SMILES string of the molecule is NNc1ccc(C(=O)Nc2ccc(F)cn2)nn1. The lowest BCUT2D eigenvalue weighted by molar-refractivity contribution is 0.102. The first-order valence-corrected chi connectivity index (χ1v) is 4.92. The smallest absolute Gasteiger partial charge is 0.277 e. The number of hydrogen-bond acceptors (Lipinski definition) is 6. The van der Waals surface area contributed by atoms with Crippen LogP contribution in [0.3, 0.4) is 0 Å². The molecule has 0 aliphatic carbocycles. The number of halogens is 1. The molecule has 0 aromatic carbocycles. The summed E-state index contributed by atoms with van der Waals surface area (Å²) in [6.45, 7) is 0. The summed E-state index contributed by atoms with van der Waals surface area (Å²) in [5.74, 6) is 4.70. The molecule has 4 N–H and O–H groups in total. The zero-order chi connectivity index (χ0) is 13.0. The number of rotatable bonds is 3. The number of pyridine rings is 1. The van der Waals surface area contributed by atoms with E-state index in [0.29, 0.717) is 5.82 Å². The molecule has 2 aromatic rings. The molecule has 7 nitrogen and oxygen atoms in total. The number of nitrogen functional groups attached to an aromatic ring is 1. The number of aromatic nitrogens is 3. The largest absolute Gasteiger partial charge is 0.307 e. The highest BCUT2D eigenvalue weighted by Gasteiger charge is 2.09. The third-order valence-corrected chi connectivity index (χ3v) is 2.01. The number of hydrazine groups is 1. The van der Waals surface area contributed by atoms with E-state index >= 15 is 0 Å². The van der Waals surface area contributed by atoms with Gasteiger partial charge in [0, 0.05) is 0 Å². The topological polar surface area (TPSA) is 106 Å². The molecule has 18 heavy (non-hydrogen) atoms. The van der Waals surface area contributed by atoms with Crippen molar-refractivity contribution in [3.8, 4) is 0 Å². The first-order valence-electron chi connectivity index (χ1n) is 4.92. The number of nitrogens with zero attached hydrogens (tertiary/aromatic N) is 3. The van der Waals surface area contributed by atoms with Gasteiger partial charge >= 0.3 is 0 Å². The summed E-state index contributed by atoms with van der Waals surface area (Å²) in [6, 6.07) is 5.48. The molecule has 0 radical (unpaired) electrons. The van der Waals surface area contributed by atoms with Crippen molar-refractivity contribution in [3.63, 3.8) is 0 Å². The molecule has 0 aliphatic rings. The van der Waals surface area contributed by atoms with Crippen LogP contribution in [0.15, 0.2) is 30.5 Å². The Kier molecular flexibility index (Phi) is 3.39. The molecule has 0 spiro atoms. The minimum absolute atomic E-state index is 0.0973. The van der Waals surface area contributed by atoms with Crippen LogP contribution in [0.4, 0.5) is 16.0 Å². The lowest BCUT2D eigenvalue weighted by Gasteiger charge is -2.03. The van der Waals surface area contributed by atoms with Crippen molar-refractivity contribution in [2.24, 2.45) is 5.84 Å². The van der Waals surface area contributed by atoms with Gasteiger partial charge in [-0.05, 0) is 24.3 Å². The molecule has 0 bridgehead atoms. The molecule has 0 atom stereocenters. The van der Waals surface area contributed by atoms with Gasteiger partial charge < -0.3 is 10.7 Å². The van der Waals surface area contributed by atoms with Gasteiger partial charge in [0.05, 0.1) is 6.20 Å². The zero-order valence-electron chi connectivity index (χ0n) is 9.09. The second-order valence-corrected chi connectivity index (χ2v) is 3.26. The minimum atomic E-state index is -0.495.